The van der Waals surface area contributed by atoms with E-state index in [1.165, 1.54) is 0 Å². The summed E-state index contributed by atoms with van der Waals surface area (Å²) in [5.74, 6) is -0.199. The molecular weight excluding hydrogens is 306 g/mol. The van der Waals surface area contributed by atoms with Crippen LogP contribution in [0.3, 0.4) is 0 Å². The van der Waals surface area contributed by atoms with Crippen LogP contribution in [0.4, 0.5) is 0 Å². The van der Waals surface area contributed by atoms with E-state index in [0.717, 1.165) is 10.0 Å². The van der Waals surface area contributed by atoms with Crippen molar-refractivity contribution in [2.75, 3.05) is 6.61 Å². The second-order valence-electron chi connectivity index (χ2n) is 4.13. The molecule has 2 N–H and O–H groups in total. The van der Waals surface area contributed by atoms with Crippen LogP contribution in [-0.2, 0) is 0 Å². The Morgan fingerprint density at radius 2 is 1.74 bits per heavy atom. The first kappa shape index (κ1) is 13.8. The molecule has 4 heteroatoms. The van der Waals surface area contributed by atoms with Gasteiger partial charge in [-0.15, -0.1) is 0 Å². The van der Waals surface area contributed by atoms with Gasteiger partial charge in [0.1, 0.15) is 0 Å². The van der Waals surface area contributed by atoms with Crippen LogP contribution in [0, 0.1) is 0 Å². The molecule has 1 amide bonds. The van der Waals surface area contributed by atoms with Crippen LogP contribution in [0.15, 0.2) is 59.1 Å². The first-order chi connectivity index (χ1) is 9.20. The third-order valence-electron chi connectivity index (χ3n) is 2.80. The largest absolute Gasteiger partial charge is 0.394 e. The van der Waals surface area contributed by atoms with Gasteiger partial charge in [-0.1, -0.05) is 46.3 Å². The number of benzene rings is 2. The average Bonchev–Trinajstić information content (AvgIpc) is 2.46. The maximum absolute atomic E-state index is 12.1. The quantitative estimate of drug-likeness (QED) is 0.910. The summed E-state index contributed by atoms with van der Waals surface area (Å²) < 4.78 is 0.922. The van der Waals surface area contributed by atoms with Crippen molar-refractivity contribution in [2.24, 2.45) is 0 Å². The van der Waals surface area contributed by atoms with Gasteiger partial charge in [-0.2, -0.15) is 0 Å². The van der Waals surface area contributed by atoms with Crippen LogP contribution >= 0.6 is 15.9 Å². The Morgan fingerprint density at radius 1 is 1.11 bits per heavy atom. The minimum Gasteiger partial charge on any atom is -0.394 e. The minimum absolute atomic E-state index is 0.133. The molecule has 3 nitrogen and oxygen atoms in total. The zero-order chi connectivity index (χ0) is 13.7. The topological polar surface area (TPSA) is 49.3 Å². The summed E-state index contributed by atoms with van der Waals surface area (Å²) in [5, 5.41) is 12.2. The molecule has 0 spiro atoms. The number of hydrogen-bond donors (Lipinski definition) is 2. The van der Waals surface area contributed by atoms with Crippen LogP contribution in [0.25, 0.3) is 0 Å². The van der Waals surface area contributed by atoms with Crippen LogP contribution in [0.1, 0.15) is 22.0 Å². The maximum atomic E-state index is 12.1. The summed E-state index contributed by atoms with van der Waals surface area (Å²) in [4.78, 5) is 12.1. The predicted octanol–water partition coefficient (Wildman–Crippen LogP) is 2.91. The SMILES string of the molecule is O=C(NC(CO)c1ccccc1)c1ccc(Br)cc1. The average molecular weight is 320 g/mol. The molecule has 19 heavy (non-hydrogen) atoms. The summed E-state index contributed by atoms with van der Waals surface area (Å²) in [6.45, 7) is -0.133. The summed E-state index contributed by atoms with van der Waals surface area (Å²) >= 11 is 3.32. The number of amides is 1. The van der Waals surface area contributed by atoms with Crippen LogP contribution < -0.4 is 5.32 Å². The molecule has 0 radical (unpaired) electrons. The van der Waals surface area contributed by atoms with Gasteiger partial charge in [-0.05, 0) is 29.8 Å². The highest BCUT2D eigenvalue weighted by atomic mass is 79.9. The minimum atomic E-state index is -0.391. The lowest BCUT2D eigenvalue weighted by Gasteiger charge is -2.16. The Kier molecular flexibility index (Phi) is 4.71. The number of nitrogens with one attached hydrogen (secondary N) is 1. The molecule has 0 fully saturated rings. The molecule has 0 heterocycles. The first-order valence-electron chi connectivity index (χ1n) is 5.93. The summed E-state index contributed by atoms with van der Waals surface area (Å²) in [5.41, 5.74) is 1.45. The molecule has 1 unspecified atom stereocenters. The zero-order valence-electron chi connectivity index (χ0n) is 10.2. The first-order valence-corrected chi connectivity index (χ1v) is 6.72. The van der Waals surface area contributed by atoms with Gasteiger partial charge in [-0.3, -0.25) is 4.79 Å². The molecule has 0 saturated heterocycles. The molecule has 0 saturated carbocycles. The summed E-state index contributed by atoms with van der Waals surface area (Å²) in [6.07, 6.45) is 0. The van der Waals surface area contributed by atoms with Crippen molar-refractivity contribution >= 4 is 21.8 Å². The van der Waals surface area contributed by atoms with Crippen molar-refractivity contribution in [1.82, 2.24) is 5.32 Å². The predicted molar refractivity (Wildman–Crippen MR) is 77.9 cm³/mol. The standard InChI is InChI=1S/C15H14BrNO2/c16-13-8-6-12(7-9-13)15(19)17-14(10-18)11-4-2-1-3-5-11/h1-9,14,18H,10H2,(H,17,19). The van der Waals surface area contributed by atoms with Crippen LogP contribution in [0.2, 0.25) is 0 Å². The Balaban J connectivity index is 2.10. The molecular formula is C15H14BrNO2. The van der Waals surface area contributed by atoms with E-state index in [-0.39, 0.29) is 12.5 Å². The lowest BCUT2D eigenvalue weighted by Crippen LogP contribution is -2.30. The van der Waals surface area contributed by atoms with Gasteiger partial charge in [0.05, 0.1) is 12.6 Å². The smallest absolute Gasteiger partial charge is 0.251 e. The van der Waals surface area contributed by atoms with Gasteiger partial charge >= 0.3 is 0 Å². The number of hydrogen-bond acceptors (Lipinski definition) is 2. The van der Waals surface area contributed by atoms with Crippen molar-refractivity contribution in [1.29, 1.82) is 0 Å². The highest BCUT2D eigenvalue weighted by Gasteiger charge is 2.14. The van der Waals surface area contributed by atoms with E-state index in [2.05, 4.69) is 21.2 Å². The normalized spacial score (nSPS) is 11.9. The van der Waals surface area contributed by atoms with Gasteiger partial charge in [0.25, 0.3) is 5.91 Å². The second kappa shape index (κ2) is 6.50. The van der Waals surface area contributed by atoms with Gasteiger partial charge in [0.2, 0.25) is 0 Å². The molecule has 2 rings (SSSR count). The van der Waals surface area contributed by atoms with E-state index < -0.39 is 6.04 Å². The van der Waals surface area contributed by atoms with E-state index in [9.17, 15) is 9.90 Å². The fourth-order valence-electron chi connectivity index (χ4n) is 1.76. The summed E-state index contributed by atoms with van der Waals surface area (Å²) in [7, 11) is 0. The van der Waals surface area contributed by atoms with E-state index in [1.54, 1.807) is 12.1 Å². The zero-order valence-corrected chi connectivity index (χ0v) is 11.8. The van der Waals surface area contributed by atoms with E-state index in [4.69, 9.17) is 0 Å². The Bertz CT molecular complexity index is 540. The number of carbonyl (C=O) groups excluding carboxylic acids is 1. The Labute approximate surface area is 120 Å². The number of aliphatic hydroxyl groups excluding tert-OH is 1. The van der Waals surface area contributed by atoms with Crippen molar-refractivity contribution in [3.63, 3.8) is 0 Å². The van der Waals surface area contributed by atoms with E-state index in [0.29, 0.717) is 5.56 Å². The Hall–Kier alpha value is -1.65. The fourth-order valence-corrected chi connectivity index (χ4v) is 2.03. The van der Waals surface area contributed by atoms with Crippen LogP contribution in [-0.4, -0.2) is 17.6 Å². The van der Waals surface area contributed by atoms with E-state index in [1.807, 2.05) is 42.5 Å². The molecule has 0 aliphatic heterocycles. The van der Waals surface area contributed by atoms with Gasteiger partial charge < -0.3 is 10.4 Å². The van der Waals surface area contributed by atoms with Crippen molar-refractivity contribution < 1.29 is 9.90 Å². The van der Waals surface area contributed by atoms with Gasteiger partial charge in [0.15, 0.2) is 0 Å². The van der Waals surface area contributed by atoms with Crippen molar-refractivity contribution in [2.45, 2.75) is 6.04 Å². The third-order valence-corrected chi connectivity index (χ3v) is 3.32. The molecule has 1 atom stereocenters. The van der Waals surface area contributed by atoms with E-state index >= 15 is 0 Å². The molecule has 0 aromatic heterocycles. The number of carbonyl (C=O) groups is 1. The number of aliphatic hydroxyl groups is 1. The molecule has 2 aromatic rings. The molecule has 0 bridgehead atoms. The van der Waals surface area contributed by atoms with Crippen molar-refractivity contribution in [3.05, 3.63) is 70.2 Å². The summed E-state index contributed by atoms with van der Waals surface area (Å²) in [6, 6.07) is 16.1. The fraction of sp³-hybridized carbons (Fsp3) is 0.133. The highest BCUT2D eigenvalue weighted by Crippen LogP contribution is 2.14. The number of halogens is 1. The maximum Gasteiger partial charge on any atom is 0.251 e. The second-order valence-corrected chi connectivity index (χ2v) is 5.04. The molecule has 0 aliphatic carbocycles. The molecule has 98 valence electrons. The van der Waals surface area contributed by atoms with Crippen LogP contribution in [0.5, 0.6) is 0 Å². The third kappa shape index (κ3) is 3.66. The highest BCUT2D eigenvalue weighted by molar-refractivity contribution is 9.10. The molecule has 0 aliphatic rings. The van der Waals surface area contributed by atoms with Gasteiger partial charge in [-0.25, -0.2) is 0 Å². The molecule has 2 aromatic carbocycles. The lowest BCUT2D eigenvalue weighted by molar-refractivity contribution is 0.0916. The van der Waals surface area contributed by atoms with Crippen molar-refractivity contribution in [3.8, 4) is 0 Å². The monoisotopic (exact) mass is 319 g/mol. The number of rotatable bonds is 4. The van der Waals surface area contributed by atoms with Gasteiger partial charge in [0, 0.05) is 10.0 Å². The lowest BCUT2D eigenvalue weighted by atomic mass is 10.1. The Morgan fingerprint density at radius 3 is 2.32 bits per heavy atom.